The molecule has 0 aliphatic heterocycles. The summed E-state index contributed by atoms with van der Waals surface area (Å²) in [6.07, 6.45) is 0. The van der Waals surface area contributed by atoms with Crippen LogP contribution in [-0.2, 0) is 4.79 Å². The summed E-state index contributed by atoms with van der Waals surface area (Å²) in [6.45, 7) is 7.20. The fourth-order valence-corrected chi connectivity index (χ4v) is 3.04. The van der Waals surface area contributed by atoms with Crippen LogP contribution in [0.15, 0.2) is 36.4 Å². The highest BCUT2D eigenvalue weighted by Gasteiger charge is 2.28. The van der Waals surface area contributed by atoms with Crippen LogP contribution in [0.2, 0.25) is 0 Å². The first kappa shape index (κ1) is 22.3. The van der Waals surface area contributed by atoms with Crippen LogP contribution in [0.5, 0.6) is 5.75 Å². The quantitative estimate of drug-likeness (QED) is 0.735. The molecule has 0 fully saturated rings. The van der Waals surface area contributed by atoms with Crippen LogP contribution in [0.4, 0.5) is 8.78 Å². The SMILES string of the molecule is COc1ccc(C)cc1[C@H](C)NC(=O)[C@@H](NC(=O)c1c(F)cccc1F)C(C)C. The van der Waals surface area contributed by atoms with Gasteiger partial charge < -0.3 is 15.4 Å². The number of carbonyl (C=O) groups excluding carboxylic acids is 2. The van der Waals surface area contributed by atoms with Crippen molar-refractivity contribution in [1.82, 2.24) is 10.6 Å². The minimum Gasteiger partial charge on any atom is -0.496 e. The summed E-state index contributed by atoms with van der Waals surface area (Å²) in [5.74, 6) is -3.08. The van der Waals surface area contributed by atoms with Gasteiger partial charge in [0.2, 0.25) is 5.91 Å². The molecule has 0 aliphatic rings. The van der Waals surface area contributed by atoms with Crippen molar-refractivity contribution in [1.29, 1.82) is 0 Å². The average Bonchev–Trinajstić information content (AvgIpc) is 2.65. The highest BCUT2D eigenvalue weighted by Crippen LogP contribution is 2.26. The number of nitrogens with one attached hydrogen (secondary N) is 2. The van der Waals surface area contributed by atoms with Crippen LogP contribution < -0.4 is 15.4 Å². The van der Waals surface area contributed by atoms with E-state index in [1.807, 2.05) is 25.1 Å². The Bertz CT molecular complexity index is 879. The number of aryl methyl sites for hydroxylation is 1. The zero-order chi connectivity index (χ0) is 21.7. The van der Waals surface area contributed by atoms with E-state index in [1.165, 1.54) is 6.07 Å². The van der Waals surface area contributed by atoms with Crippen molar-refractivity contribution < 1.29 is 23.1 Å². The van der Waals surface area contributed by atoms with Gasteiger partial charge in [0.15, 0.2) is 0 Å². The van der Waals surface area contributed by atoms with Gasteiger partial charge in [0.05, 0.1) is 13.2 Å². The number of carbonyl (C=O) groups is 2. The van der Waals surface area contributed by atoms with Crippen molar-refractivity contribution in [2.24, 2.45) is 5.92 Å². The van der Waals surface area contributed by atoms with Gasteiger partial charge in [0.1, 0.15) is 29.0 Å². The maximum atomic E-state index is 13.9. The molecule has 2 amide bonds. The largest absolute Gasteiger partial charge is 0.496 e. The fraction of sp³-hybridized carbons (Fsp3) is 0.364. The van der Waals surface area contributed by atoms with Crippen molar-refractivity contribution >= 4 is 11.8 Å². The van der Waals surface area contributed by atoms with Crippen LogP contribution in [0.1, 0.15) is 48.3 Å². The summed E-state index contributed by atoms with van der Waals surface area (Å²) < 4.78 is 33.1. The Morgan fingerprint density at radius 2 is 1.62 bits per heavy atom. The minimum atomic E-state index is -0.983. The van der Waals surface area contributed by atoms with E-state index in [9.17, 15) is 18.4 Å². The first-order valence-corrected chi connectivity index (χ1v) is 9.35. The third-order valence-corrected chi connectivity index (χ3v) is 4.64. The number of ether oxygens (including phenoxy) is 1. The number of halogens is 2. The summed E-state index contributed by atoms with van der Waals surface area (Å²) in [5.41, 5.74) is 1.08. The summed E-state index contributed by atoms with van der Waals surface area (Å²) >= 11 is 0. The van der Waals surface area contributed by atoms with E-state index in [-0.39, 0.29) is 5.92 Å². The zero-order valence-electron chi connectivity index (χ0n) is 17.2. The van der Waals surface area contributed by atoms with E-state index in [0.29, 0.717) is 5.75 Å². The van der Waals surface area contributed by atoms with Gasteiger partial charge in [-0.05, 0) is 38.0 Å². The molecule has 156 valence electrons. The van der Waals surface area contributed by atoms with Crippen molar-refractivity contribution in [3.8, 4) is 5.75 Å². The number of amides is 2. The highest BCUT2D eigenvalue weighted by molar-refractivity contribution is 5.98. The summed E-state index contributed by atoms with van der Waals surface area (Å²) in [6, 6.07) is 7.41. The second kappa shape index (κ2) is 9.49. The average molecular weight is 404 g/mol. The molecule has 2 N–H and O–H groups in total. The Hall–Kier alpha value is -2.96. The van der Waals surface area contributed by atoms with Gasteiger partial charge in [-0.25, -0.2) is 8.78 Å². The Kier molecular flexibility index (Phi) is 7.31. The molecule has 7 heteroatoms. The van der Waals surface area contributed by atoms with Gasteiger partial charge in [-0.15, -0.1) is 0 Å². The lowest BCUT2D eigenvalue weighted by Crippen LogP contribution is -2.50. The van der Waals surface area contributed by atoms with Crippen molar-refractivity contribution in [3.63, 3.8) is 0 Å². The first-order chi connectivity index (χ1) is 13.6. The van der Waals surface area contributed by atoms with Gasteiger partial charge in [-0.3, -0.25) is 9.59 Å². The smallest absolute Gasteiger partial charge is 0.257 e. The van der Waals surface area contributed by atoms with Gasteiger partial charge in [0, 0.05) is 5.56 Å². The molecule has 0 radical (unpaired) electrons. The number of hydrogen-bond donors (Lipinski definition) is 2. The van der Waals surface area contributed by atoms with Crippen molar-refractivity contribution in [2.45, 2.75) is 39.8 Å². The van der Waals surface area contributed by atoms with Crippen LogP contribution >= 0.6 is 0 Å². The first-order valence-electron chi connectivity index (χ1n) is 9.35. The molecule has 0 saturated heterocycles. The highest BCUT2D eigenvalue weighted by atomic mass is 19.1. The van der Waals surface area contributed by atoms with Crippen LogP contribution in [0.25, 0.3) is 0 Å². The number of benzene rings is 2. The van der Waals surface area contributed by atoms with Crippen molar-refractivity contribution in [2.75, 3.05) is 7.11 Å². The molecule has 2 rings (SSSR count). The second-order valence-electron chi connectivity index (χ2n) is 7.27. The van der Waals surface area contributed by atoms with Crippen LogP contribution in [-0.4, -0.2) is 25.0 Å². The third kappa shape index (κ3) is 5.31. The molecular weight excluding hydrogens is 378 g/mol. The van der Waals surface area contributed by atoms with E-state index in [2.05, 4.69) is 10.6 Å². The summed E-state index contributed by atoms with van der Waals surface area (Å²) in [4.78, 5) is 25.3. The molecule has 5 nitrogen and oxygen atoms in total. The molecule has 2 atom stereocenters. The van der Waals surface area contributed by atoms with Crippen LogP contribution in [0.3, 0.4) is 0 Å². The zero-order valence-corrected chi connectivity index (χ0v) is 17.2. The molecular formula is C22H26F2N2O3. The van der Waals surface area contributed by atoms with Gasteiger partial charge in [-0.2, -0.15) is 0 Å². The fourth-order valence-electron chi connectivity index (χ4n) is 3.04. The monoisotopic (exact) mass is 404 g/mol. The third-order valence-electron chi connectivity index (χ3n) is 4.64. The number of hydrogen-bond acceptors (Lipinski definition) is 3. The van der Waals surface area contributed by atoms with Crippen LogP contribution in [0, 0.1) is 24.5 Å². The molecule has 0 saturated carbocycles. The van der Waals surface area contributed by atoms with Gasteiger partial charge in [-0.1, -0.05) is 37.6 Å². The standard InChI is InChI=1S/C22H26F2N2O3/c1-12(2)20(26-21(27)19-16(23)7-6-8-17(19)24)22(28)25-14(4)15-11-13(3)9-10-18(15)29-5/h6-12,14,20H,1-5H3,(H,25,28)(H,26,27)/t14-,20-/m0/s1. The second-order valence-corrected chi connectivity index (χ2v) is 7.27. The molecule has 2 aromatic rings. The Morgan fingerprint density at radius 3 is 2.17 bits per heavy atom. The van der Waals surface area contributed by atoms with Crippen molar-refractivity contribution in [3.05, 3.63) is 64.7 Å². The topological polar surface area (TPSA) is 67.4 Å². The number of rotatable bonds is 7. The molecule has 0 aromatic heterocycles. The van der Waals surface area contributed by atoms with E-state index in [0.717, 1.165) is 23.3 Å². The molecule has 0 unspecified atom stereocenters. The molecule has 0 bridgehead atoms. The Labute approximate surface area is 169 Å². The maximum absolute atomic E-state index is 13.9. The van der Waals surface area contributed by atoms with E-state index in [1.54, 1.807) is 27.9 Å². The minimum absolute atomic E-state index is 0.305. The van der Waals surface area contributed by atoms with Gasteiger partial charge >= 0.3 is 0 Å². The normalized spacial score (nSPS) is 13.0. The Balaban J connectivity index is 2.20. The lowest BCUT2D eigenvalue weighted by Gasteiger charge is -2.25. The molecule has 0 heterocycles. The molecule has 0 spiro atoms. The Morgan fingerprint density at radius 1 is 1.00 bits per heavy atom. The number of methoxy groups -OCH3 is 1. The lowest BCUT2D eigenvalue weighted by atomic mass is 10.00. The maximum Gasteiger partial charge on any atom is 0.257 e. The van der Waals surface area contributed by atoms with Gasteiger partial charge in [0.25, 0.3) is 5.91 Å². The molecule has 0 aliphatic carbocycles. The van der Waals surface area contributed by atoms with E-state index < -0.39 is 41.1 Å². The van der Waals surface area contributed by atoms with E-state index in [4.69, 9.17) is 4.74 Å². The predicted molar refractivity (Wildman–Crippen MR) is 107 cm³/mol. The molecule has 29 heavy (non-hydrogen) atoms. The van der Waals surface area contributed by atoms with E-state index >= 15 is 0 Å². The summed E-state index contributed by atoms with van der Waals surface area (Å²) in [7, 11) is 1.54. The summed E-state index contributed by atoms with van der Waals surface area (Å²) in [5, 5.41) is 5.29. The molecule has 2 aromatic carbocycles. The lowest BCUT2D eigenvalue weighted by molar-refractivity contribution is -0.124. The predicted octanol–water partition coefficient (Wildman–Crippen LogP) is 3.91.